The van der Waals surface area contributed by atoms with Crippen LogP contribution in [-0.2, 0) is 0 Å². The van der Waals surface area contributed by atoms with Crippen molar-refractivity contribution in [3.8, 4) is 5.75 Å². The van der Waals surface area contributed by atoms with E-state index in [9.17, 15) is 0 Å². The van der Waals surface area contributed by atoms with E-state index in [4.69, 9.17) is 28.3 Å². The highest BCUT2D eigenvalue weighted by molar-refractivity contribution is 6.36. The summed E-state index contributed by atoms with van der Waals surface area (Å²) in [4.78, 5) is 0. The molecule has 0 aliphatic heterocycles. The maximum atomic E-state index is 9.13. The highest BCUT2D eigenvalue weighted by atomic mass is 35.5. The van der Waals surface area contributed by atoms with E-state index >= 15 is 0 Å². The molecule has 0 saturated heterocycles. The Morgan fingerprint density at radius 2 is 1.58 bits per heavy atom. The molecule has 1 rings (SSSR count). The van der Waals surface area contributed by atoms with Gasteiger partial charge in [-0.15, -0.1) is 0 Å². The Morgan fingerprint density at radius 1 is 1.17 bits per heavy atom. The molecule has 12 heavy (non-hydrogen) atoms. The van der Waals surface area contributed by atoms with Crippen LogP contribution < -0.4 is 0 Å². The van der Waals surface area contributed by atoms with E-state index in [1.54, 1.807) is 0 Å². The number of aromatic hydroxyl groups is 1. The molecule has 1 aromatic rings. The summed E-state index contributed by atoms with van der Waals surface area (Å²) in [5, 5.41) is 10.2. The number of phenolic OH excluding ortho intramolecular Hbond substituents is 1. The highest BCUT2D eigenvalue weighted by Crippen LogP contribution is 2.34. The zero-order chi connectivity index (χ0) is 9.30. The summed E-state index contributed by atoms with van der Waals surface area (Å²) in [7, 11) is 0. The molecule has 0 fully saturated rings. The van der Waals surface area contributed by atoms with Crippen LogP contribution in [-0.4, -0.2) is 5.11 Å². The molecule has 66 valence electrons. The first-order chi connectivity index (χ1) is 5.52. The Bertz CT molecular complexity index is 272. The van der Waals surface area contributed by atoms with Crippen molar-refractivity contribution < 1.29 is 5.11 Å². The van der Waals surface area contributed by atoms with Crippen molar-refractivity contribution in [1.82, 2.24) is 0 Å². The third-order valence-corrected chi connectivity index (χ3v) is 2.27. The molecule has 0 aromatic heterocycles. The molecule has 0 atom stereocenters. The largest absolute Gasteiger partial charge is 0.508 e. The predicted octanol–water partition coefficient (Wildman–Crippen LogP) is 3.82. The fraction of sp³-hybridized carbons (Fsp3) is 0.333. The summed E-state index contributed by atoms with van der Waals surface area (Å²) < 4.78 is 0. The third kappa shape index (κ3) is 1.85. The van der Waals surface area contributed by atoms with Gasteiger partial charge in [-0.25, -0.2) is 0 Å². The Balaban J connectivity index is 3.28. The molecule has 0 bridgehead atoms. The van der Waals surface area contributed by atoms with Crippen molar-refractivity contribution in [1.29, 1.82) is 0 Å². The summed E-state index contributed by atoms with van der Waals surface area (Å²) in [6.45, 7) is 4.01. The van der Waals surface area contributed by atoms with Crippen LogP contribution in [0.4, 0.5) is 0 Å². The van der Waals surface area contributed by atoms with Crippen LogP contribution in [0.5, 0.6) is 5.75 Å². The van der Waals surface area contributed by atoms with E-state index in [0.717, 1.165) is 5.56 Å². The summed E-state index contributed by atoms with van der Waals surface area (Å²) in [5.74, 6) is 0.375. The van der Waals surface area contributed by atoms with E-state index in [1.165, 1.54) is 12.1 Å². The summed E-state index contributed by atoms with van der Waals surface area (Å²) in [6.07, 6.45) is 0. The SMILES string of the molecule is CC(C)c1c(Cl)cc(O)cc1Cl. The molecule has 1 aromatic carbocycles. The molecule has 0 spiro atoms. The number of hydrogen-bond acceptors (Lipinski definition) is 1. The minimum absolute atomic E-state index is 0.106. The number of rotatable bonds is 1. The lowest BCUT2D eigenvalue weighted by molar-refractivity contribution is 0.475. The molecule has 0 unspecified atom stereocenters. The molecular weight excluding hydrogens is 195 g/mol. The van der Waals surface area contributed by atoms with Gasteiger partial charge in [-0.1, -0.05) is 37.0 Å². The van der Waals surface area contributed by atoms with Crippen molar-refractivity contribution >= 4 is 23.2 Å². The summed E-state index contributed by atoms with van der Waals surface area (Å²) >= 11 is 11.8. The van der Waals surface area contributed by atoms with Gasteiger partial charge in [-0.2, -0.15) is 0 Å². The first kappa shape index (κ1) is 9.69. The lowest BCUT2D eigenvalue weighted by Crippen LogP contribution is -1.89. The second-order valence-corrected chi connectivity index (χ2v) is 3.79. The molecule has 0 saturated carbocycles. The van der Waals surface area contributed by atoms with Gasteiger partial charge in [0, 0.05) is 10.0 Å². The maximum Gasteiger partial charge on any atom is 0.118 e. The van der Waals surface area contributed by atoms with Gasteiger partial charge in [0.05, 0.1) is 0 Å². The maximum absolute atomic E-state index is 9.13. The number of benzene rings is 1. The Kier molecular flexibility index (Phi) is 2.86. The van der Waals surface area contributed by atoms with Gasteiger partial charge < -0.3 is 5.11 Å². The van der Waals surface area contributed by atoms with Crippen LogP contribution >= 0.6 is 23.2 Å². The van der Waals surface area contributed by atoms with Crippen LogP contribution in [0.25, 0.3) is 0 Å². The lowest BCUT2D eigenvalue weighted by atomic mass is 10.0. The minimum atomic E-state index is 0.106. The number of phenols is 1. The molecule has 1 nitrogen and oxygen atoms in total. The highest BCUT2D eigenvalue weighted by Gasteiger charge is 2.10. The predicted molar refractivity (Wildman–Crippen MR) is 52.2 cm³/mol. The first-order valence-electron chi connectivity index (χ1n) is 3.70. The normalized spacial score (nSPS) is 10.8. The van der Waals surface area contributed by atoms with Gasteiger partial charge in [0.25, 0.3) is 0 Å². The van der Waals surface area contributed by atoms with Gasteiger partial charge in [-0.05, 0) is 23.6 Å². The van der Waals surface area contributed by atoms with Crippen molar-refractivity contribution in [3.05, 3.63) is 27.7 Å². The summed E-state index contributed by atoms with van der Waals surface area (Å²) in [6, 6.07) is 3.01. The minimum Gasteiger partial charge on any atom is -0.508 e. The fourth-order valence-electron chi connectivity index (χ4n) is 1.12. The van der Waals surface area contributed by atoms with E-state index in [1.807, 2.05) is 13.8 Å². The number of halogens is 2. The van der Waals surface area contributed by atoms with Crippen LogP contribution in [0.3, 0.4) is 0 Å². The molecule has 0 heterocycles. The monoisotopic (exact) mass is 204 g/mol. The molecule has 3 heteroatoms. The average molecular weight is 205 g/mol. The van der Waals surface area contributed by atoms with Gasteiger partial charge in [0.2, 0.25) is 0 Å². The molecule has 0 amide bonds. The van der Waals surface area contributed by atoms with Crippen LogP contribution in [0.1, 0.15) is 25.3 Å². The van der Waals surface area contributed by atoms with Crippen molar-refractivity contribution in [3.63, 3.8) is 0 Å². The smallest absolute Gasteiger partial charge is 0.118 e. The van der Waals surface area contributed by atoms with Crippen LogP contribution in [0.15, 0.2) is 12.1 Å². The van der Waals surface area contributed by atoms with E-state index in [2.05, 4.69) is 0 Å². The molecule has 1 N–H and O–H groups in total. The van der Waals surface area contributed by atoms with Crippen molar-refractivity contribution in [2.45, 2.75) is 19.8 Å². The molecule has 0 radical (unpaired) electrons. The van der Waals surface area contributed by atoms with Crippen molar-refractivity contribution in [2.24, 2.45) is 0 Å². The quantitative estimate of drug-likeness (QED) is 0.738. The Hall–Kier alpha value is -0.400. The molecule has 0 aliphatic carbocycles. The van der Waals surface area contributed by atoms with Gasteiger partial charge in [0.15, 0.2) is 0 Å². The average Bonchev–Trinajstić information content (AvgIpc) is 1.82. The zero-order valence-corrected chi connectivity index (χ0v) is 8.45. The lowest BCUT2D eigenvalue weighted by Gasteiger charge is -2.10. The van der Waals surface area contributed by atoms with E-state index < -0.39 is 0 Å². The first-order valence-corrected chi connectivity index (χ1v) is 4.46. The van der Waals surface area contributed by atoms with E-state index in [-0.39, 0.29) is 11.7 Å². The standard InChI is InChI=1S/C9H10Cl2O/c1-5(2)9-7(10)3-6(12)4-8(9)11/h3-5,12H,1-2H3. The number of hydrogen-bond donors (Lipinski definition) is 1. The van der Waals surface area contributed by atoms with Crippen LogP contribution in [0, 0.1) is 0 Å². The summed E-state index contributed by atoms with van der Waals surface area (Å²) in [5.41, 5.74) is 0.885. The van der Waals surface area contributed by atoms with Gasteiger partial charge >= 0.3 is 0 Å². The van der Waals surface area contributed by atoms with Gasteiger partial charge in [-0.3, -0.25) is 0 Å². The Morgan fingerprint density at radius 3 is 1.92 bits per heavy atom. The van der Waals surface area contributed by atoms with E-state index in [0.29, 0.717) is 10.0 Å². The molecular formula is C9H10Cl2O. The van der Waals surface area contributed by atoms with Gasteiger partial charge in [0.1, 0.15) is 5.75 Å². The fourth-order valence-corrected chi connectivity index (χ4v) is 2.03. The topological polar surface area (TPSA) is 20.2 Å². The second kappa shape index (κ2) is 3.55. The van der Waals surface area contributed by atoms with Crippen molar-refractivity contribution in [2.75, 3.05) is 0 Å². The Labute approximate surface area is 81.9 Å². The molecule has 0 aliphatic rings. The third-order valence-electron chi connectivity index (χ3n) is 1.64. The van der Waals surface area contributed by atoms with Crippen LogP contribution in [0.2, 0.25) is 10.0 Å². The zero-order valence-electron chi connectivity index (χ0n) is 6.94. The second-order valence-electron chi connectivity index (χ2n) is 2.98.